The van der Waals surface area contributed by atoms with Gasteiger partial charge in [0.15, 0.2) is 0 Å². The highest BCUT2D eigenvalue weighted by Crippen LogP contribution is 2.25. The van der Waals surface area contributed by atoms with E-state index in [-0.39, 0.29) is 24.7 Å². The molecule has 1 aromatic heterocycles. The van der Waals surface area contributed by atoms with Gasteiger partial charge in [-0.15, -0.1) is 0 Å². The predicted octanol–water partition coefficient (Wildman–Crippen LogP) is 5.99. The van der Waals surface area contributed by atoms with Gasteiger partial charge in [-0.25, -0.2) is 4.79 Å². The number of nitrogens with zero attached hydrogens (tertiary/aromatic N) is 1. The topological polar surface area (TPSA) is 74.4 Å². The molecule has 0 fully saturated rings. The van der Waals surface area contributed by atoms with Crippen LogP contribution in [0.15, 0.2) is 77.6 Å². The minimum Gasteiger partial charge on any atom is -0.495 e. The summed E-state index contributed by atoms with van der Waals surface area (Å²) in [6.07, 6.45) is 0.893. The molecule has 3 aromatic carbocycles. The Labute approximate surface area is 203 Å². The summed E-state index contributed by atoms with van der Waals surface area (Å²) in [5.74, 6) is 0.546. The van der Waals surface area contributed by atoms with Crippen LogP contribution in [0.5, 0.6) is 5.75 Å². The molecule has 0 aliphatic heterocycles. The van der Waals surface area contributed by atoms with Gasteiger partial charge in [0, 0.05) is 22.6 Å². The molecule has 4 rings (SSSR count). The van der Waals surface area contributed by atoms with Crippen LogP contribution < -0.4 is 15.6 Å². The Bertz CT molecular complexity index is 1380. The van der Waals surface area contributed by atoms with Gasteiger partial charge < -0.3 is 19.9 Å². The number of methoxy groups -OCH3 is 1. The number of carbonyl (C=O) groups is 1. The first-order chi connectivity index (χ1) is 16.5. The molecule has 1 heterocycles. The molecule has 0 spiro atoms. The van der Waals surface area contributed by atoms with Crippen molar-refractivity contribution >= 4 is 34.2 Å². The third kappa shape index (κ3) is 5.24. The molecule has 2 N–H and O–H groups in total. The summed E-state index contributed by atoms with van der Waals surface area (Å²) in [4.78, 5) is 30.7. The minimum atomic E-state index is -0.369. The summed E-state index contributed by atoms with van der Waals surface area (Å²) in [6, 6.07) is 22.0. The Morgan fingerprint density at radius 3 is 2.50 bits per heavy atom. The third-order valence-corrected chi connectivity index (χ3v) is 6.08. The number of pyridine rings is 1. The van der Waals surface area contributed by atoms with E-state index in [1.165, 1.54) is 5.56 Å². The van der Waals surface area contributed by atoms with Gasteiger partial charge in [0.05, 0.1) is 19.3 Å². The van der Waals surface area contributed by atoms with Crippen LogP contribution in [0.25, 0.3) is 10.9 Å². The lowest BCUT2D eigenvalue weighted by Gasteiger charge is -2.24. The first-order valence-corrected chi connectivity index (χ1v) is 11.4. The fourth-order valence-electron chi connectivity index (χ4n) is 3.82. The molecule has 7 heteroatoms. The number of benzene rings is 3. The molecular weight excluding hydrogens is 450 g/mol. The molecule has 6 nitrogen and oxygen atoms in total. The second-order valence-corrected chi connectivity index (χ2v) is 8.38. The van der Waals surface area contributed by atoms with Gasteiger partial charge >= 0.3 is 6.03 Å². The number of carbonyl (C=O) groups excluding carboxylic acids is 1. The van der Waals surface area contributed by atoms with E-state index < -0.39 is 0 Å². The van der Waals surface area contributed by atoms with E-state index in [0.717, 1.165) is 22.9 Å². The normalized spacial score (nSPS) is 10.8. The molecule has 0 unspecified atom stereocenters. The van der Waals surface area contributed by atoms with Crippen molar-refractivity contribution < 1.29 is 9.53 Å². The molecule has 0 saturated heterocycles. The lowest BCUT2D eigenvalue weighted by molar-refractivity contribution is 0.206. The number of amides is 2. The van der Waals surface area contributed by atoms with Gasteiger partial charge in [-0.05, 0) is 59.3 Å². The zero-order chi connectivity index (χ0) is 24.1. The summed E-state index contributed by atoms with van der Waals surface area (Å²) in [6.45, 7) is 2.42. The number of aryl methyl sites for hydroxylation is 1. The fraction of sp³-hybridized carbons (Fsp3) is 0.185. The van der Waals surface area contributed by atoms with Crippen LogP contribution in [-0.2, 0) is 19.5 Å². The largest absolute Gasteiger partial charge is 0.495 e. The summed E-state index contributed by atoms with van der Waals surface area (Å²) < 4.78 is 5.36. The zero-order valence-electron chi connectivity index (χ0n) is 19.1. The van der Waals surface area contributed by atoms with Gasteiger partial charge in [0.1, 0.15) is 5.75 Å². The van der Waals surface area contributed by atoms with Crippen LogP contribution >= 0.6 is 11.6 Å². The first kappa shape index (κ1) is 23.4. The maximum absolute atomic E-state index is 13.4. The molecule has 0 atom stereocenters. The Kier molecular flexibility index (Phi) is 7.18. The van der Waals surface area contributed by atoms with Gasteiger partial charge in [-0.3, -0.25) is 4.79 Å². The average Bonchev–Trinajstić information content (AvgIpc) is 2.85. The molecule has 4 aromatic rings. The second kappa shape index (κ2) is 10.4. The summed E-state index contributed by atoms with van der Waals surface area (Å²) in [5.41, 5.74) is 3.52. The number of ether oxygens (including phenoxy) is 1. The summed E-state index contributed by atoms with van der Waals surface area (Å²) in [5, 5.41) is 4.38. The molecule has 0 bridgehead atoms. The standard InChI is InChI=1S/C27H26ClN3O3/c1-3-18-12-13-23-20(14-18)15-21(26(32)29-23)17-31(16-19-8-4-5-9-22(19)28)27(33)30-24-10-6-7-11-25(24)34-2/h4-15H,3,16-17H2,1-2H3,(H,29,32)(H,30,33). The number of anilines is 1. The lowest BCUT2D eigenvalue weighted by atomic mass is 10.1. The van der Waals surface area contributed by atoms with Crippen LogP contribution in [-0.4, -0.2) is 23.0 Å². The van der Waals surface area contributed by atoms with Crippen molar-refractivity contribution in [3.63, 3.8) is 0 Å². The van der Waals surface area contributed by atoms with E-state index in [1.54, 1.807) is 30.2 Å². The fourth-order valence-corrected chi connectivity index (χ4v) is 4.01. The Hall–Kier alpha value is -3.77. The number of aromatic nitrogens is 1. The van der Waals surface area contributed by atoms with E-state index >= 15 is 0 Å². The minimum absolute atomic E-state index is 0.105. The van der Waals surface area contributed by atoms with Crippen LogP contribution in [0.2, 0.25) is 5.02 Å². The molecule has 2 amide bonds. The van der Waals surface area contributed by atoms with Gasteiger partial charge in [0.2, 0.25) is 0 Å². The van der Waals surface area contributed by atoms with Crippen LogP contribution in [0.3, 0.4) is 0 Å². The molecule has 0 aliphatic rings. The number of urea groups is 1. The lowest BCUT2D eigenvalue weighted by Crippen LogP contribution is -2.36. The van der Waals surface area contributed by atoms with Crippen molar-refractivity contribution in [1.82, 2.24) is 9.88 Å². The van der Waals surface area contributed by atoms with E-state index in [2.05, 4.69) is 23.3 Å². The smallest absolute Gasteiger partial charge is 0.322 e. The Balaban J connectivity index is 1.69. The van der Waals surface area contributed by atoms with Crippen LogP contribution in [0.4, 0.5) is 10.5 Å². The highest BCUT2D eigenvalue weighted by atomic mass is 35.5. The van der Waals surface area contributed by atoms with Crippen molar-refractivity contribution in [1.29, 1.82) is 0 Å². The number of hydrogen-bond acceptors (Lipinski definition) is 3. The van der Waals surface area contributed by atoms with Crippen molar-refractivity contribution in [3.05, 3.63) is 105 Å². The maximum Gasteiger partial charge on any atom is 0.322 e. The highest BCUT2D eigenvalue weighted by Gasteiger charge is 2.19. The van der Waals surface area contributed by atoms with E-state index in [9.17, 15) is 9.59 Å². The predicted molar refractivity (Wildman–Crippen MR) is 137 cm³/mol. The van der Waals surface area contributed by atoms with Crippen molar-refractivity contribution in [2.75, 3.05) is 12.4 Å². The number of para-hydroxylation sites is 2. The average molecular weight is 476 g/mol. The highest BCUT2D eigenvalue weighted by molar-refractivity contribution is 6.31. The maximum atomic E-state index is 13.4. The number of hydrogen-bond donors (Lipinski definition) is 2. The molecule has 34 heavy (non-hydrogen) atoms. The summed E-state index contributed by atoms with van der Waals surface area (Å²) in [7, 11) is 1.55. The quantitative estimate of drug-likeness (QED) is 0.345. The summed E-state index contributed by atoms with van der Waals surface area (Å²) >= 11 is 6.38. The van der Waals surface area contributed by atoms with Crippen molar-refractivity contribution in [2.24, 2.45) is 0 Å². The zero-order valence-corrected chi connectivity index (χ0v) is 19.9. The number of aromatic amines is 1. The third-order valence-electron chi connectivity index (χ3n) is 5.71. The Morgan fingerprint density at radius 2 is 1.74 bits per heavy atom. The van der Waals surface area contributed by atoms with Gasteiger partial charge in [-0.1, -0.05) is 54.9 Å². The number of H-pyrrole nitrogens is 1. The van der Waals surface area contributed by atoms with Crippen LogP contribution in [0, 0.1) is 0 Å². The van der Waals surface area contributed by atoms with Gasteiger partial charge in [-0.2, -0.15) is 0 Å². The number of fused-ring (bicyclic) bond motifs is 1. The molecule has 0 aliphatic carbocycles. The van der Waals surface area contributed by atoms with Gasteiger partial charge in [0.25, 0.3) is 5.56 Å². The van der Waals surface area contributed by atoms with Crippen molar-refractivity contribution in [3.8, 4) is 5.75 Å². The van der Waals surface area contributed by atoms with E-state index in [0.29, 0.717) is 22.0 Å². The van der Waals surface area contributed by atoms with Crippen molar-refractivity contribution in [2.45, 2.75) is 26.4 Å². The molecule has 0 radical (unpaired) electrons. The SMILES string of the molecule is CCc1ccc2[nH]c(=O)c(CN(Cc3ccccc3Cl)C(=O)Nc3ccccc3OC)cc2c1. The number of halogens is 1. The second-order valence-electron chi connectivity index (χ2n) is 7.98. The van der Waals surface area contributed by atoms with Crippen LogP contribution in [0.1, 0.15) is 23.6 Å². The number of nitrogens with one attached hydrogen (secondary N) is 2. The molecule has 174 valence electrons. The monoisotopic (exact) mass is 475 g/mol. The van der Waals surface area contributed by atoms with E-state index in [1.807, 2.05) is 48.5 Å². The number of rotatable bonds is 7. The molecule has 0 saturated carbocycles. The Morgan fingerprint density at radius 1 is 1.00 bits per heavy atom. The van der Waals surface area contributed by atoms with E-state index in [4.69, 9.17) is 16.3 Å². The first-order valence-electron chi connectivity index (χ1n) is 11.1. The molecular formula is C27H26ClN3O3.